The molecule has 0 spiro atoms. The third kappa shape index (κ3) is 3.29. The summed E-state index contributed by atoms with van der Waals surface area (Å²) in [7, 11) is 0. The lowest BCUT2D eigenvalue weighted by Crippen LogP contribution is -2.31. The summed E-state index contributed by atoms with van der Waals surface area (Å²) in [4.78, 5) is 24.7. The Kier molecular flexibility index (Phi) is 4.47. The average Bonchev–Trinajstić information content (AvgIpc) is 3.22. The van der Waals surface area contributed by atoms with Gasteiger partial charge in [0.1, 0.15) is 0 Å². The second-order valence-electron chi connectivity index (χ2n) is 6.23. The van der Waals surface area contributed by atoms with Gasteiger partial charge in [-0.2, -0.15) is 18.3 Å². The Morgan fingerprint density at radius 1 is 1.23 bits per heavy atom. The molecule has 2 heterocycles. The number of carbonyl (C=O) groups is 2. The molecule has 0 saturated carbocycles. The van der Waals surface area contributed by atoms with E-state index in [1.165, 1.54) is 12.1 Å². The zero-order valence-corrected chi connectivity index (χ0v) is 13.8. The molecule has 1 aliphatic heterocycles. The molecular weight excluding hydrogens is 351 g/mol. The highest BCUT2D eigenvalue weighted by Crippen LogP contribution is 2.34. The van der Waals surface area contributed by atoms with E-state index in [-0.39, 0.29) is 25.2 Å². The lowest BCUT2D eigenvalue weighted by Gasteiger charge is -2.17. The minimum absolute atomic E-state index is 0.100. The van der Waals surface area contributed by atoms with Gasteiger partial charge in [-0.25, -0.2) is 4.68 Å². The van der Waals surface area contributed by atoms with Crippen LogP contribution in [0.4, 0.5) is 13.2 Å². The quantitative estimate of drug-likeness (QED) is 0.905. The lowest BCUT2D eigenvalue weighted by atomic mass is 10.1. The maximum absolute atomic E-state index is 13.6. The second-order valence-corrected chi connectivity index (χ2v) is 6.23. The SMILES string of the molecule is Cc1ccc(-n2ncc(C(=O)N3CC[C@H](C(=O)O)C3)c2C(F)(F)F)cc1. The maximum atomic E-state index is 13.6. The Morgan fingerprint density at radius 2 is 1.88 bits per heavy atom. The molecule has 0 unspecified atom stereocenters. The van der Waals surface area contributed by atoms with Gasteiger partial charge >= 0.3 is 12.1 Å². The van der Waals surface area contributed by atoms with Gasteiger partial charge in [0, 0.05) is 13.1 Å². The first kappa shape index (κ1) is 18.0. The van der Waals surface area contributed by atoms with Crippen LogP contribution in [0.5, 0.6) is 0 Å². The largest absolute Gasteiger partial charge is 0.481 e. The smallest absolute Gasteiger partial charge is 0.434 e. The summed E-state index contributed by atoms with van der Waals surface area (Å²) in [5, 5.41) is 12.8. The van der Waals surface area contributed by atoms with Crippen molar-refractivity contribution in [1.29, 1.82) is 0 Å². The van der Waals surface area contributed by atoms with Crippen molar-refractivity contribution < 1.29 is 27.9 Å². The monoisotopic (exact) mass is 367 g/mol. The van der Waals surface area contributed by atoms with Gasteiger partial charge in [-0.15, -0.1) is 0 Å². The number of carboxylic acid groups (broad SMARTS) is 1. The summed E-state index contributed by atoms with van der Waals surface area (Å²) in [6.07, 6.45) is -3.69. The van der Waals surface area contributed by atoms with Crippen LogP contribution < -0.4 is 0 Å². The number of hydrogen-bond acceptors (Lipinski definition) is 3. The standard InChI is InChI=1S/C17H16F3N3O3/c1-10-2-4-12(5-3-10)23-14(17(18,19)20)13(8-21-23)15(24)22-7-6-11(9-22)16(25)26/h2-5,8,11H,6-7,9H2,1H3,(H,25,26)/t11-/m0/s1. The predicted octanol–water partition coefficient (Wildman–Crippen LogP) is 2.75. The fourth-order valence-corrected chi connectivity index (χ4v) is 2.98. The van der Waals surface area contributed by atoms with Gasteiger partial charge in [0.15, 0.2) is 5.69 Å². The summed E-state index contributed by atoms with van der Waals surface area (Å²) in [5.74, 6) is -2.69. The molecule has 9 heteroatoms. The van der Waals surface area contributed by atoms with Crippen molar-refractivity contribution in [1.82, 2.24) is 14.7 Å². The number of halogens is 3. The number of carboxylic acids is 1. The molecule has 1 aromatic heterocycles. The number of rotatable bonds is 3. The highest BCUT2D eigenvalue weighted by Gasteiger charge is 2.42. The van der Waals surface area contributed by atoms with Crippen molar-refractivity contribution in [2.75, 3.05) is 13.1 Å². The van der Waals surface area contributed by atoms with Gasteiger partial charge in [-0.05, 0) is 25.5 Å². The van der Waals surface area contributed by atoms with Crippen molar-refractivity contribution >= 4 is 11.9 Å². The van der Waals surface area contributed by atoms with Gasteiger partial charge in [-0.3, -0.25) is 9.59 Å². The van der Waals surface area contributed by atoms with Crippen LogP contribution in [0.1, 0.15) is 28.0 Å². The van der Waals surface area contributed by atoms with E-state index in [1.807, 2.05) is 0 Å². The molecule has 3 rings (SSSR count). The second kappa shape index (κ2) is 6.47. The third-order valence-corrected chi connectivity index (χ3v) is 4.37. The molecule has 0 aliphatic carbocycles. The van der Waals surface area contributed by atoms with Crippen molar-refractivity contribution in [3.05, 3.63) is 47.3 Å². The van der Waals surface area contributed by atoms with E-state index in [4.69, 9.17) is 5.11 Å². The molecule has 0 bridgehead atoms. The molecule has 1 amide bonds. The minimum Gasteiger partial charge on any atom is -0.481 e. The highest BCUT2D eigenvalue weighted by atomic mass is 19.4. The molecule has 1 fully saturated rings. The van der Waals surface area contributed by atoms with E-state index >= 15 is 0 Å². The number of benzene rings is 1. The van der Waals surface area contributed by atoms with Crippen LogP contribution in [-0.4, -0.2) is 44.8 Å². The summed E-state index contributed by atoms with van der Waals surface area (Å²) in [6, 6.07) is 6.28. The Labute approximate surface area is 146 Å². The summed E-state index contributed by atoms with van der Waals surface area (Å²) in [5.41, 5.74) is -0.677. The van der Waals surface area contributed by atoms with Gasteiger partial charge in [-0.1, -0.05) is 17.7 Å². The number of alkyl halides is 3. The van der Waals surface area contributed by atoms with E-state index in [9.17, 15) is 22.8 Å². The molecular formula is C17H16F3N3O3. The molecule has 6 nitrogen and oxygen atoms in total. The van der Waals surface area contributed by atoms with Crippen molar-refractivity contribution in [3.8, 4) is 5.69 Å². The first-order valence-corrected chi connectivity index (χ1v) is 7.93. The zero-order chi connectivity index (χ0) is 19.1. The third-order valence-electron chi connectivity index (χ3n) is 4.37. The minimum atomic E-state index is -4.79. The molecule has 138 valence electrons. The molecule has 1 saturated heterocycles. The van der Waals surface area contributed by atoms with Gasteiger partial charge in [0.2, 0.25) is 0 Å². The molecule has 1 aromatic carbocycles. The van der Waals surface area contributed by atoms with Crippen LogP contribution in [0, 0.1) is 12.8 Å². The van der Waals surface area contributed by atoms with E-state index in [0.29, 0.717) is 4.68 Å². The number of carbonyl (C=O) groups excluding carboxylic acids is 1. The fourth-order valence-electron chi connectivity index (χ4n) is 2.98. The maximum Gasteiger partial charge on any atom is 0.434 e. The first-order chi connectivity index (χ1) is 12.2. The number of aromatic nitrogens is 2. The first-order valence-electron chi connectivity index (χ1n) is 7.93. The van der Waals surface area contributed by atoms with Crippen LogP contribution in [0.2, 0.25) is 0 Å². The Morgan fingerprint density at radius 3 is 2.42 bits per heavy atom. The van der Waals surface area contributed by atoms with Gasteiger partial charge < -0.3 is 10.0 Å². The number of likely N-dealkylation sites (tertiary alicyclic amines) is 1. The summed E-state index contributed by atoms with van der Waals surface area (Å²) < 4.78 is 41.6. The number of aliphatic carboxylic acids is 1. The molecule has 1 atom stereocenters. The summed E-state index contributed by atoms with van der Waals surface area (Å²) in [6.45, 7) is 1.79. The molecule has 2 aromatic rings. The van der Waals surface area contributed by atoms with Crippen molar-refractivity contribution in [2.24, 2.45) is 5.92 Å². The Balaban J connectivity index is 1.99. The van der Waals surface area contributed by atoms with Crippen LogP contribution in [0.15, 0.2) is 30.5 Å². The van der Waals surface area contributed by atoms with Crippen molar-refractivity contribution in [3.63, 3.8) is 0 Å². The van der Waals surface area contributed by atoms with E-state index < -0.39 is 35.2 Å². The summed E-state index contributed by atoms with van der Waals surface area (Å²) >= 11 is 0. The number of nitrogens with zero attached hydrogens (tertiary/aromatic N) is 3. The predicted molar refractivity (Wildman–Crippen MR) is 84.9 cm³/mol. The van der Waals surface area contributed by atoms with E-state index in [1.54, 1.807) is 19.1 Å². The van der Waals surface area contributed by atoms with Gasteiger partial charge in [0.25, 0.3) is 5.91 Å². The van der Waals surface area contributed by atoms with E-state index in [0.717, 1.165) is 16.7 Å². The molecule has 1 N–H and O–H groups in total. The fraction of sp³-hybridized carbons (Fsp3) is 0.353. The van der Waals surface area contributed by atoms with Crippen LogP contribution >= 0.6 is 0 Å². The molecule has 1 aliphatic rings. The molecule has 0 radical (unpaired) electrons. The lowest BCUT2D eigenvalue weighted by molar-refractivity contribution is -0.143. The van der Waals surface area contributed by atoms with Crippen LogP contribution in [0.25, 0.3) is 5.69 Å². The topological polar surface area (TPSA) is 75.4 Å². The van der Waals surface area contributed by atoms with E-state index in [2.05, 4.69) is 5.10 Å². The Bertz CT molecular complexity index is 843. The van der Waals surface area contributed by atoms with Crippen LogP contribution in [-0.2, 0) is 11.0 Å². The number of aryl methyl sites for hydroxylation is 1. The van der Waals surface area contributed by atoms with Crippen molar-refractivity contribution in [2.45, 2.75) is 19.5 Å². The normalized spacial score (nSPS) is 17.5. The van der Waals surface area contributed by atoms with Crippen LogP contribution in [0.3, 0.4) is 0 Å². The number of amides is 1. The highest BCUT2D eigenvalue weighted by molar-refractivity contribution is 5.96. The Hall–Kier alpha value is -2.84. The zero-order valence-electron chi connectivity index (χ0n) is 13.8. The number of hydrogen-bond donors (Lipinski definition) is 1. The average molecular weight is 367 g/mol. The molecule has 26 heavy (non-hydrogen) atoms. The van der Waals surface area contributed by atoms with Gasteiger partial charge in [0.05, 0.1) is 23.4 Å².